The number of hydrogen-bond donors (Lipinski definition) is 0. The number of nitro benzene ring substituents is 1. The van der Waals surface area contributed by atoms with Gasteiger partial charge in [-0.15, -0.1) is 11.6 Å². The predicted molar refractivity (Wildman–Crippen MR) is 123 cm³/mol. The van der Waals surface area contributed by atoms with E-state index in [4.69, 9.17) is 11.6 Å². The number of halogens is 1. The second-order valence-electron chi connectivity index (χ2n) is 8.91. The van der Waals surface area contributed by atoms with Crippen molar-refractivity contribution in [3.8, 4) is 0 Å². The molecule has 0 heterocycles. The van der Waals surface area contributed by atoms with Crippen molar-refractivity contribution in [3.05, 3.63) is 99.6 Å². The fourth-order valence-corrected chi connectivity index (χ4v) is 5.91. The van der Waals surface area contributed by atoms with Gasteiger partial charge in [0.05, 0.1) is 10.3 Å². The third-order valence-electron chi connectivity index (χ3n) is 6.58. The van der Waals surface area contributed by atoms with Gasteiger partial charge in [-0.25, -0.2) is 0 Å². The Morgan fingerprint density at radius 2 is 1.70 bits per heavy atom. The Labute approximate surface area is 180 Å². The zero-order valence-corrected chi connectivity index (χ0v) is 17.7. The minimum absolute atomic E-state index is 0.00975. The van der Waals surface area contributed by atoms with Crippen LogP contribution in [0.3, 0.4) is 0 Å². The van der Waals surface area contributed by atoms with Crippen LogP contribution >= 0.6 is 11.6 Å². The summed E-state index contributed by atoms with van der Waals surface area (Å²) in [6.07, 6.45) is 0.870. The summed E-state index contributed by atoms with van der Waals surface area (Å²) in [6.45, 7) is 4.43. The van der Waals surface area contributed by atoms with Crippen molar-refractivity contribution in [1.29, 1.82) is 0 Å². The fourth-order valence-electron chi connectivity index (χ4n) is 5.22. The third kappa shape index (κ3) is 2.88. The van der Waals surface area contributed by atoms with E-state index in [9.17, 15) is 10.1 Å². The Morgan fingerprint density at radius 1 is 0.933 bits per heavy atom. The van der Waals surface area contributed by atoms with Gasteiger partial charge in [0, 0.05) is 18.1 Å². The lowest BCUT2D eigenvalue weighted by atomic mass is 9.63. The minimum atomic E-state index is -0.338. The van der Waals surface area contributed by atoms with E-state index in [1.807, 2.05) is 6.07 Å². The molecule has 5 rings (SSSR count). The molecule has 0 aliphatic heterocycles. The van der Waals surface area contributed by atoms with Gasteiger partial charge in [-0.2, -0.15) is 0 Å². The molecule has 0 saturated carbocycles. The van der Waals surface area contributed by atoms with Crippen LogP contribution in [0.1, 0.15) is 41.8 Å². The second kappa shape index (κ2) is 6.82. The molecular formula is C26H22ClNO2. The Morgan fingerprint density at radius 3 is 2.50 bits per heavy atom. The van der Waals surface area contributed by atoms with Crippen LogP contribution < -0.4 is 0 Å². The second-order valence-corrected chi connectivity index (χ2v) is 9.38. The number of rotatable bonds is 2. The van der Waals surface area contributed by atoms with Gasteiger partial charge in [-0.1, -0.05) is 74.5 Å². The predicted octanol–water partition coefficient (Wildman–Crippen LogP) is 7.55. The Hall–Kier alpha value is -2.91. The number of alkyl halides is 1. The molecule has 0 radical (unpaired) electrons. The summed E-state index contributed by atoms with van der Waals surface area (Å²) < 4.78 is 0. The first kappa shape index (κ1) is 19.1. The van der Waals surface area contributed by atoms with Crippen LogP contribution in [0.15, 0.2) is 72.8 Å². The molecule has 0 fully saturated rings. The molecule has 0 aromatic heterocycles. The summed E-state index contributed by atoms with van der Waals surface area (Å²) in [6, 6.07) is 24.1. The van der Waals surface area contributed by atoms with Crippen LogP contribution in [0.2, 0.25) is 0 Å². The summed E-state index contributed by atoms with van der Waals surface area (Å²) in [5.74, 6) is -0.00975. The smallest absolute Gasteiger partial charge is 0.258 e. The van der Waals surface area contributed by atoms with Crippen molar-refractivity contribution in [1.82, 2.24) is 0 Å². The average Bonchev–Trinajstić information content (AvgIpc) is 2.73. The van der Waals surface area contributed by atoms with Gasteiger partial charge in [-0.05, 0) is 50.1 Å². The molecule has 4 heteroatoms. The average molecular weight is 416 g/mol. The van der Waals surface area contributed by atoms with Crippen LogP contribution in [0.25, 0.3) is 21.5 Å². The van der Waals surface area contributed by atoms with Gasteiger partial charge >= 0.3 is 0 Å². The van der Waals surface area contributed by atoms with Crippen molar-refractivity contribution in [3.63, 3.8) is 0 Å². The molecule has 0 N–H and O–H groups in total. The molecule has 4 aromatic carbocycles. The maximum Gasteiger partial charge on any atom is 0.269 e. The molecule has 30 heavy (non-hydrogen) atoms. The van der Waals surface area contributed by atoms with Crippen molar-refractivity contribution in [2.24, 2.45) is 5.41 Å². The molecule has 4 aromatic rings. The van der Waals surface area contributed by atoms with Crippen LogP contribution in [-0.4, -0.2) is 4.92 Å². The van der Waals surface area contributed by atoms with Gasteiger partial charge < -0.3 is 0 Å². The number of non-ortho nitro benzene ring substituents is 1. The van der Waals surface area contributed by atoms with E-state index in [1.54, 1.807) is 12.1 Å². The van der Waals surface area contributed by atoms with Gasteiger partial charge in [0.15, 0.2) is 0 Å². The molecule has 0 spiro atoms. The van der Waals surface area contributed by atoms with Gasteiger partial charge in [-0.3, -0.25) is 10.1 Å². The van der Waals surface area contributed by atoms with Crippen LogP contribution in [-0.2, 0) is 6.42 Å². The summed E-state index contributed by atoms with van der Waals surface area (Å²) in [5.41, 5.74) is 3.33. The zero-order chi connectivity index (χ0) is 21.0. The highest BCUT2D eigenvalue weighted by atomic mass is 35.5. The molecule has 1 aliphatic carbocycles. The molecule has 0 saturated heterocycles. The highest BCUT2D eigenvalue weighted by Gasteiger charge is 2.43. The molecule has 0 amide bonds. The first-order chi connectivity index (χ1) is 14.4. The summed E-state index contributed by atoms with van der Waals surface area (Å²) in [4.78, 5) is 11.0. The Kier molecular flexibility index (Phi) is 4.33. The van der Waals surface area contributed by atoms with Crippen molar-refractivity contribution in [2.45, 2.75) is 31.6 Å². The minimum Gasteiger partial charge on any atom is -0.258 e. The maximum atomic E-state index is 11.3. The number of fused-ring (bicyclic) bond motifs is 5. The van der Waals surface area contributed by atoms with E-state index >= 15 is 0 Å². The van der Waals surface area contributed by atoms with E-state index in [-0.39, 0.29) is 27.3 Å². The Balaban J connectivity index is 1.70. The van der Waals surface area contributed by atoms with E-state index in [2.05, 4.69) is 62.4 Å². The summed E-state index contributed by atoms with van der Waals surface area (Å²) >= 11 is 7.11. The van der Waals surface area contributed by atoms with Crippen LogP contribution in [0.5, 0.6) is 0 Å². The molecule has 1 aliphatic rings. The van der Waals surface area contributed by atoms with Gasteiger partial charge in [0.1, 0.15) is 0 Å². The summed E-state index contributed by atoms with van der Waals surface area (Å²) in [7, 11) is 0. The number of nitro groups is 1. The van der Waals surface area contributed by atoms with Crippen molar-refractivity contribution >= 4 is 38.8 Å². The van der Waals surface area contributed by atoms with E-state index in [0.717, 1.165) is 17.5 Å². The monoisotopic (exact) mass is 415 g/mol. The van der Waals surface area contributed by atoms with Crippen LogP contribution in [0, 0.1) is 15.5 Å². The van der Waals surface area contributed by atoms with Crippen LogP contribution in [0.4, 0.5) is 5.69 Å². The fraction of sp³-hybridized carbons (Fsp3) is 0.231. The molecule has 2 unspecified atom stereocenters. The summed E-state index contributed by atoms with van der Waals surface area (Å²) in [5, 5.41) is 16.0. The maximum absolute atomic E-state index is 11.3. The van der Waals surface area contributed by atoms with Gasteiger partial charge in [0.2, 0.25) is 0 Å². The first-order valence-electron chi connectivity index (χ1n) is 10.2. The topological polar surface area (TPSA) is 43.1 Å². The lowest BCUT2D eigenvalue weighted by Gasteiger charge is -2.43. The van der Waals surface area contributed by atoms with E-state index in [0.29, 0.717) is 0 Å². The largest absolute Gasteiger partial charge is 0.269 e. The quantitative estimate of drug-likeness (QED) is 0.147. The normalized spacial score (nSPS) is 20.2. The standard InChI is InChI=1S/C26H22ClNO2/c1-26(2)15-23-21-11-10-16-6-3-4-9-19(16)20(21)12-13-22(23)25(27)24(26)17-7-5-8-18(14-17)28(29)30/h3-14,24-25H,15H2,1-2H3. The zero-order valence-electron chi connectivity index (χ0n) is 16.9. The highest BCUT2D eigenvalue weighted by Crippen LogP contribution is 2.55. The molecular weight excluding hydrogens is 394 g/mol. The molecule has 150 valence electrons. The molecule has 2 atom stereocenters. The molecule has 3 nitrogen and oxygen atoms in total. The number of hydrogen-bond acceptors (Lipinski definition) is 2. The first-order valence-corrected chi connectivity index (χ1v) is 10.6. The number of nitrogens with zero attached hydrogens (tertiary/aromatic N) is 1. The van der Waals surface area contributed by atoms with Crippen molar-refractivity contribution in [2.75, 3.05) is 0 Å². The molecule has 0 bridgehead atoms. The third-order valence-corrected chi connectivity index (χ3v) is 7.07. The SMILES string of the molecule is CC1(C)Cc2c(ccc3c2ccc2ccccc23)C(Cl)C1c1cccc([N+](=O)[O-])c1. The van der Waals surface area contributed by atoms with Crippen molar-refractivity contribution < 1.29 is 4.92 Å². The van der Waals surface area contributed by atoms with E-state index < -0.39 is 0 Å². The van der Waals surface area contributed by atoms with E-state index in [1.165, 1.54) is 33.2 Å². The lowest BCUT2D eigenvalue weighted by Crippen LogP contribution is -2.33. The number of benzene rings is 4. The van der Waals surface area contributed by atoms with Gasteiger partial charge in [0.25, 0.3) is 5.69 Å². The highest BCUT2D eigenvalue weighted by molar-refractivity contribution is 6.22. The lowest BCUT2D eigenvalue weighted by molar-refractivity contribution is -0.384. The Bertz CT molecular complexity index is 1310.